The molecule has 1 aromatic carbocycles. The van der Waals surface area contributed by atoms with Crippen LogP contribution in [0.1, 0.15) is 43.8 Å². The molecule has 0 unspecified atom stereocenters. The van der Waals surface area contributed by atoms with E-state index in [0.717, 1.165) is 22.9 Å². The quantitative estimate of drug-likeness (QED) is 0.840. The van der Waals surface area contributed by atoms with Crippen molar-refractivity contribution in [3.05, 3.63) is 30.1 Å². The van der Waals surface area contributed by atoms with Crippen LogP contribution in [-0.4, -0.2) is 14.8 Å². The third-order valence-electron chi connectivity index (χ3n) is 3.92. The van der Waals surface area contributed by atoms with Crippen LogP contribution in [-0.2, 0) is 7.05 Å². The molecular weight excluding hydrogens is 236 g/mol. The van der Waals surface area contributed by atoms with Gasteiger partial charge in [0.2, 0.25) is 0 Å². The zero-order valence-corrected chi connectivity index (χ0v) is 11.3. The number of nitrogen functional groups attached to an aromatic ring is 1. The van der Waals surface area contributed by atoms with Gasteiger partial charge in [0.25, 0.3) is 0 Å². The average Bonchev–Trinajstić information content (AvgIpc) is 2.83. The van der Waals surface area contributed by atoms with Gasteiger partial charge in [0.15, 0.2) is 11.6 Å². The Bertz CT molecular complexity index is 550. The summed E-state index contributed by atoms with van der Waals surface area (Å²) < 4.78 is 1.88. The van der Waals surface area contributed by atoms with Crippen LogP contribution in [0.5, 0.6) is 0 Å². The molecule has 2 aromatic rings. The topological polar surface area (TPSA) is 56.7 Å². The number of nitrogens with two attached hydrogens (primary N) is 1. The van der Waals surface area contributed by atoms with Crippen LogP contribution in [0.15, 0.2) is 24.3 Å². The van der Waals surface area contributed by atoms with Gasteiger partial charge in [-0.2, -0.15) is 5.10 Å². The first-order valence-corrected chi connectivity index (χ1v) is 7.01. The zero-order valence-electron chi connectivity index (χ0n) is 11.3. The van der Waals surface area contributed by atoms with Gasteiger partial charge in [0.1, 0.15) is 0 Å². The maximum atomic E-state index is 5.72. The molecule has 3 rings (SSSR count). The van der Waals surface area contributed by atoms with Crippen LogP contribution < -0.4 is 5.73 Å². The number of hydrogen-bond acceptors (Lipinski definition) is 3. The fourth-order valence-electron chi connectivity index (χ4n) is 2.82. The van der Waals surface area contributed by atoms with E-state index in [1.54, 1.807) is 0 Å². The van der Waals surface area contributed by atoms with Crippen LogP contribution in [0, 0.1) is 0 Å². The monoisotopic (exact) mass is 256 g/mol. The number of rotatable bonds is 2. The van der Waals surface area contributed by atoms with Crippen LogP contribution in [0.2, 0.25) is 0 Å². The van der Waals surface area contributed by atoms with Gasteiger partial charge in [-0.25, -0.2) is 9.67 Å². The normalized spacial score (nSPS) is 16.7. The summed E-state index contributed by atoms with van der Waals surface area (Å²) in [6, 6.07) is 7.82. The zero-order chi connectivity index (χ0) is 13.2. The Labute approximate surface area is 113 Å². The lowest BCUT2D eigenvalue weighted by atomic mass is 9.89. The van der Waals surface area contributed by atoms with E-state index < -0.39 is 0 Å². The largest absolute Gasteiger partial charge is 0.399 e. The smallest absolute Gasteiger partial charge is 0.158 e. The second-order valence-corrected chi connectivity index (χ2v) is 5.37. The third kappa shape index (κ3) is 2.48. The summed E-state index contributed by atoms with van der Waals surface area (Å²) in [6.07, 6.45) is 6.42. The molecule has 0 amide bonds. The van der Waals surface area contributed by atoms with Crippen LogP contribution in [0.3, 0.4) is 0 Å². The highest BCUT2D eigenvalue weighted by atomic mass is 15.3. The first-order chi connectivity index (χ1) is 9.24. The Morgan fingerprint density at radius 2 is 1.79 bits per heavy atom. The van der Waals surface area contributed by atoms with Gasteiger partial charge in [0, 0.05) is 24.2 Å². The number of anilines is 1. The van der Waals surface area contributed by atoms with E-state index in [2.05, 4.69) is 5.10 Å². The summed E-state index contributed by atoms with van der Waals surface area (Å²) in [5, 5.41) is 4.61. The number of aromatic nitrogens is 3. The summed E-state index contributed by atoms with van der Waals surface area (Å²) in [4.78, 5) is 4.74. The number of aryl methyl sites for hydroxylation is 1. The lowest BCUT2D eigenvalue weighted by Gasteiger charge is -2.18. The number of benzene rings is 1. The first kappa shape index (κ1) is 12.2. The molecular formula is C15H20N4. The summed E-state index contributed by atoms with van der Waals surface area (Å²) in [5.41, 5.74) is 7.57. The van der Waals surface area contributed by atoms with Crippen molar-refractivity contribution < 1.29 is 0 Å². The molecule has 1 aliphatic rings. The molecule has 0 aliphatic heterocycles. The van der Waals surface area contributed by atoms with E-state index >= 15 is 0 Å². The molecule has 0 atom stereocenters. The Hall–Kier alpha value is -1.84. The maximum absolute atomic E-state index is 5.72. The van der Waals surface area contributed by atoms with Gasteiger partial charge >= 0.3 is 0 Å². The van der Waals surface area contributed by atoms with Crippen LogP contribution in [0.25, 0.3) is 11.4 Å². The van der Waals surface area contributed by atoms with Crippen molar-refractivity contribution in [1.82, 2.24) is 14.8 Å². The molecule has 4 heteroatoms. The average molecular weight is 256 g/mol. The van der Waals surface area contributed by atoms with E-state index in [4.69, 9.17) is 10.7 Å². The second-order valence-electron chi connectivity index (χ2n) is 5.37. The summed E-state index contributed by atoms with van der Waals surface area (Å²) in [6.45, 7) is 0. The maximum Gasteiger partial charge on any atom is 0.158 e. The molecule has 19 heavy (non-hydrogen) atoms. The fourth-order valence-corrected chi connectivity index (χ4v) is 2.82. The van der Waals surface area contributed by atoms with Crippen molar-refractivity contribution in [2.45, 2.75) is 38.0 Å². The molecule has 0 bridgehead atoms. The van der Waals surface area contributed by atoms with Gasteiger partial charge < -0.3 is 5.73 Å². The van der Waals surface area contributed by atoms with E-state index in [1.807, 2.05) is 36.0 Å². The van der Waals surface area contributed by atoms with E-state index in [-0.39, 0.29) is 0 Å². The Kier molecular flexibility index (Phi) is 3.23. The van der Waals surface area contributed by atoms with Gasteiger partial charge in [-0.1, -0.05) is 19.3 Å². The minimum absolute atomic E-state index is 0.544. The highest BCUT2D eigenvalue weighted by Crippen LogP contribution is 2.31. The standard InChI is InChI=1S/C15H20N4/c1-19-15(12-7-9-13(16)10-8-12)17-14(18-19)11-5-3-2-4-6-11/h7-11H,2-6,16H2,1H3. The summed E-state index contributed by atoms with van der Waals surface area (Å²) in [5.74, 6) is 2.48. The lowest BCUT2D eigenvalue weighted by molar-refractivity contribution is 0.427. The molecule has 1 saturated carbocycles. The number of hydrogen-bond donors (Lipinski definition) is 1. The van der Waals surface area contributed by atoms with Crippen LogP contribution in [0.4, 0.5) is 5.69 Å². The third-order valence-corrected chi connectivity index (χ3v) is 3.92. The SMILES string of the molecule is Cn1nc(C2CCCCC2)nc1-c1ccc(N)cc1. The molecule has 1 fully saturated rings. The van der Waals surface area contributed by atoms with Crippen molar-refractivity contribution in [2.75, 3.05) is 5.73 Å². The molecule has 1 aromatic heterocycles. The predicted octanol–water partition coefficient (Wildman–Crippen LogP) is 3.11. The summed E-state index contributed by atoms with van der Waals surface area (Å²) >= 11 is 0. The Morgan fingerprint density at radius 3 is 2.47 bits per heavy atom. The lowest BCUT2D eigenvalue weighted by Crippen LogP contribution is -2.06. The molecule has 1 heterocycles. The van der Waals surface area contributed by atoms with Gasteiger partial charge in [-0.3, -0.25) is 0 Å². The van der Waals surface area contributed by atoms with Crippen molar-refractivity contribution in [3.63, 3.8) is 0 Å². The van der Waals surface area contributed by atoms with E-state index in [9.17, 15) is 0 Å². The van der Waals surface area contributed by atoms with Crippen LogP contribution >= 0.6 is 0 Å². The molecule has 2 N–H and O–H groups in total. The molecule has 100 valence electrons. The summed E-state index contributed by atoms with van der Waals surface area (Å²) in [7, 11) is 1.96. The number of nitrogens with zero attached hydrogens (tertiary/aromatic N) is 3. The molecule has 0 saturated heterocycles. The Balaban J connectivity index is 1.90. The second kappa shape index (κ2) is 5.03. The van der Waals surface area contributed by atoms with Crippen molar-refractivity contribution in [3.8, 4) is 11.4 Å². The van der Waals surface area contributed by atoms with Gasteiger partial charge in [-0.05, 0) is 37.1 Å². The highest BCUT2D eigenvalue weighted by Gasteiger charge is 2.21. The van der Waals surface area contributed by atoms with Gasteiger partial charge in [-0.15, -0.1) is 0 Å². The molecule has 1 aliphatic carbocycles. The van der Waals surface area contributed by atoms with E-state index in [1.165, 1.54) is 32.1 Å². The predicted molar refractivity (Wildman–Crippen MR) is 76.7 cm³/mol. The molecule has 4 nitrogen and oxygen atoms in total. The molecule has 0 spiro atoms. The van der Waals surface area contributed by atoms with E-state index in [0.29, 0.717) is 5.92 Å². The first-order valence-electron chi connectivity index (χ1n) is 7.01. The van der Waals surface area contributed by atoms with Crippen molar-refractivity contribution >= 4 is 5.69 Å². The van der Waals surface area contributed by atoms with Crippen molar-refractivity contribution in [2.24, 2.45) is 7.05 Å². The van der Waals surface area contributed by atoms with Crippen molar-refractivity contribution in [1.29, 1.82) is 0 Å². The minimum atomic E-state index is 0.544. The highest BCUT2D eigenvalue weighted by molar-refractivity contribution is 5.58. The fraction of sp³-hybridized carbons (Fsp3) is 0.467. The Morgan fingerprint density at radius 1 is 1.11 bits per heavy atom. The van der Waals surface area contributed by atoms with Gasteiger partial charge in [0.05, 0.1) is 0 Å². The minimum Gasteiger partial charge on any atom is -0.399 e. The molecule has 0 radical (unpaired) electrons.